The predicted octanol–water partition coefficient (Wildman–Crippen LogP) is 5.13. The molecule has 11 nitrogen and oxygen atoms in total. The summed E-state index contributed by atoms with van der Waals surface area (Å²) in [6.07, 6.45) is -0.966. The quantitative estimate of drug-likeness (QED) is 0.343. The topological polar surface area (TPSA) is 142 Å². The van der Waals surface area contributed by atoms with Gasteiger partial charge in [0.2, 0.25) is 0 Å². The van der Waals surface area contributed by atoms with Crippen LogP contribution in [0.1, 0.15) is 37.5 Å². The number of carbonyl (C=O) groups is 2. The summed E-state index contributed by atoms with van der Waals surface area (Å²) in [6.45, 7) is 4.93. The van der Waals surface area contributed by atoms with Crippen molar-refractivity contribution in [2.45, 2.75) is 31.8 Å². The summed E-state index contributed by atoms with van der Waals surface area (Å²) in [7, 11) is 1.42. The number of methoxy groups -OCH3 is 1. The fourth-order valence-corrected chi connectivity index (χ4v) is 4.50. The third-order valence-electron chi connectivity index (χ3n) is 5.95. The number of fused-ring (bicyclic) bond motifs is 1. The number of rotatable bonds is 5. The lowest BCUT2D eigenvalue weighted by Gasteiger charge is -2.30. The van der Waals surface area contributed by atoms with Gasteiger partial charge in [0.25, 0.3) is 17.3 Å². The van der Waals surface area contributed by atoms with Crippen molar-refractivity contribution in [1.29, 1.82) is 0 Å². The van der Waals surface area contributed by atoms with E-state index >= 15 is 0 Å². The maximum absolute atomic E-state index is 14.4. The Hall–Kier alpha value is -4.80. The highest BCUT2D eigenvalue weighted by Gasteiger charge is 2.58. The smallest absolute Gasteiger partial charge is 0.421 e. The van der Waals surface area contributed by atoms with Crippen LogP contribution in [0.4, 0.5) is 21.9 Å². The predicted molar refractivity (Wildman–Crippen MR) is 133 cm³/mol. The second kappa shape index (κ2) is 9.01. The number of imide groups is 1. The Kier molecular flexibility index (Phi) is 6.16. The average Bonchev–Trinajstić information content (AvgIpc) is 3.11. The van der Waals surface area contributed by atoms with E-state index in [-0.39, 0.29) is 16.8 Å². The molecule has 1 atom stereocenters. The van der Waals surface area contributed by atoms with Gasteiger partial charge in [-0.2, -0.15) is 0 Å². The number of ether oxygens (including phenoxy) is 2. The van der Waals surface area contributed by atoms with Gasteiger partial charge in [0.15, 0.2) is 0 Å². The van der Waals surface area contributed by atoms with Gasteiger partial charge in [-0.15, -0.1) is 0 Å². The van der Waals surface area contributed by atoms with Gasteiger partial charge in [0.05, 0.1) is 34.3 Å². The molecule has 0 saturated carbocycles. The summed E-state index contributed by atoms with van der Waals surface area (Å²) < 4.78 is 10.9. The number of non-ortho nitro benzene ring substituents is 1. The van der Waals surface area contributed by atoms with E-state index in [1.165, 1.54) is 25.3 Å². The van der Waals surface area contributed by atoms with Crippen molar-refractivity contribution in [3.05, 3.63) is 104 Å². The summed E-state index contributed by atoms with van der Waals surface area (Å²) in [4.78, 5) is 50.7. The van der Waals surface area contributed by atoms with E-state index in [1.807, 2.05) is 0 Å². The van der Waals surface area contributed by atoms with E-state index in [0.29, 0.717) is 11.3 Å². The minimum atomic E-state index is -1.92. The van der Waals surface area contributed by atoms with Crippen LogP contribution in [-0.4, -0.2) is 34.6 Å². The molecular weight excluding hydrogens is 482 g/mol. The molecule has 0 spiro atoms. The van der Waals surface area contributed by atoms with Crippen LogP contribution in [0.3, 0.4) is 0 Å². The van der Waals surface area contributed by atoms with Crippen molar-refractivity contribution in [2.75, 3.05) is 12.0 Å². The van der Waals surface area contributed by atoms with Gasteiger partial charge in [-0.1, -0.05) is 30.3 Å². The molecule has 0 aromatic heterocycles. The van der Waals surface area contributed by atoms with E-state index < -0.39 is 44.2 Å². The van der Waals surface area contributed by atoms with Crippen LogP contribution in [0.2, 0.25) is 0 Å². The lowest BCUT2D eigenvalue weighted by Crippen LogP contribution is -2.46. The summed E-state index contributed by atoms with van der Waals surface area (Å²) in [5.41, 5.74) is -3.47. The summed E-state index contributed by atoms with van der Waals surface area (Å²) >= 11 is 0. The third-order valence-corrected chi connectivity index (χ3v) is 5.95. The van der Waals surface area contributed by atoms with Crippen LogP contribution in [0.5, 0.6) is 5.75 Å². The zero-order valence-corrected chi connectivity index (χ0v) is 20.5. The number of carbonyl (C=O) groups excluding carboxylic acids is 2. The third kappa shape index (κ3) is 4.14. The fourth-order valence-electron chi connectivity index (χ4n) is 4.50. The molecule has 0 fully saturated rings. The van der Waals surface area contributed by atoms with Crippen molar-refractivity contribution in [2.24, 2.45) is 0 Å². The second-order valence-corrected chi connectivity index (χ2v) is 9.34. The Balaban J connectivity index is 2.14. The molecule has 3 aromatic rings. The highest BCUT2D eigenvalue weighted by atomic mass is 16.6. The lowest BCUT2D eigenvalue weighted by atomic mass is 9.69. The standard InChI is InChI=1S/C26H23N3O8/c1-25(2,3)37-24(31)27-21-13-11-18(36-4)15-20(21)26(23(27)30,16-8-6-5-7-9-16)19-12-10-17(28(32)33)14-22(19)29(34)35/h5-15H,1-4H3/t26-/m1/s1. The van der Waals surface area contributed by atoms with Gasteiger partial charge in [-0.25, -0.2) is 9.69 Å². The first kappa shape index (κ1) is 25.3. The number of nitrogens with zero attached hydrogens (tertiary/aromatic N) is 3. The van der Waals surface area contributed by atoms with Crippen LogP contribution in [0, 0.1) is 20.2 Å². The Bertz CT molecular complexity index is 1430. The molecule has 0 unspecified atom stereocenters. The number of anilines is 1. The molecule has 1 heterocycles. The molecule has 1 aliphatic heterocycles. The van der Waals surface area contributed by atoms with Crippen molar-refractivity contribution in [3.63, 3.8) is 0 Å². The summed E-state index contributed by atoms with van der Waals surface area (Å²) in [6, 6.07) is 15.9. The van der Waals surface area contributed by atoms with Gasteiger partial charge in [0, 0.05) is 11.6 Å². The number of hydrogen-bond donors (Lipinski definition) is 0. The molecule has 0 N–H and O–H groups in total. The highest BCUT2D eigenvalue weighted by Crippen LogP contribution is 2.54. The largest absolute Gasteiger partial charge is 0.497 e. The number of nitro benzene ring substituents is 2. The van der Waals surface area contributed by atoms with Crippen LogP contribution >= 0.6 is 0 Å². The van der Waals surface area contributed by atoms with Crippen LogP contribution in [-0.2, 0) is 14.9 Å². The van der Waals surface area contributed by atoms with E-state index in [0.717, 1.165) is 17.0 Å². The van der Waals surface area contributed by atoms with E-state index in [4.69, 9.17) is 9.47 Å². The van der Waals surface area contributed by atoms with Gasteiger partial charge < -0.3 is 9.47 Å². The first-order valence-electron chi connectivity index (χ1n) is 11.2. The molecule has 0 saturated heterocycles. The molecule has 0 aliphatic carbocycles. The molecule has 0 bridgehead atoms. The maximum Gasteiger partial charge on any atom is 0.421 e. The molecule has 2 amide bonds. The van der Waals surface area contributed by atoms with Gasteiger partial charge in [-0.05, 0) is 50.6 Å². The molecule has 1 aliphatic rings. The maximum atomic E-state index is 14.4. The number of nitro groups is 2. The number of hydrogen-bond acceptors (Lipinski definition) is 8. The van der Waals surface area contributed by atoms with Crippen molar-refractivity contribution < 1.29 is 28.9 Å². The molecular formula is C26H23N3O8. The first-order chi connectivity index (χ1) is 17.4. The molecule has 0 radical (unpaired) electrons. The van der Waals surface area contributed by atoms with Crippen molar-refractivity contribution in [1.82, 2.24) is 0 Å². The minimum absolute atomic E-state index is 0.139. The number of amides is 2. The molecule has 190 valence electrons. The fraction of sp³-hybridized carbons (Fsp3) is 0.231. The zero-order valence-electron chi connectivity index (χ0n) is 20.5. The SMILES string of the molecule is COc1ccc2c(c1)[C@@](c1ccccc1)(c1ccc([N+](=O)[O-])cc1[N+](=O)[O-])C(=O)N2C(=O)OC(C)(C)C. The normalized spacial score (nSPS) is 16.8. The highest BCUT2D eigenvalue weighted by molar-refractivity contribution is 6.24. The monoisotopic (exact) mass is 505 g/mol. The summed E-state index contributed by atoms with van der Waals surface area (Å²) in [5, 5.41) is 23.6. The van der Waals surface area contributed by atoms with Gasteiger partial charge in [0.1, 0.15) is 16.8 Å². The number of benzene rings is 3. The zero-order chi connectivity index (χ0) is 27.1. The Morgan fingerprint density at radius 2 is 1.59 bits per heavy atom. The average molecular weight is 505 g/mol. The Morgan fingerprint density at radius 3 is 2.16 bits per heavy atom. The molecule has 37 heavy (non-hydrogen) atoms. The van der Waals surface area contributed by atoms with E-state index in [2.05, 4.69) is 0 Å². The second-order valence-electron chi connectivity index (χ2n) is 9.34. The van der Waals surface area contributed by atoms with E-state index in [9.17, 15) is 29.8 Å². The molecule has 4 rings (SSSR count). The van der Waals surface area contributed by atoms with Crippen LogP contribution in [0.25, 0.3) is 0 Å². The minimum Gasteiger partial charge on any atom is -0.497 e. The molecule has 11 heteroatoms. The van der Waals surface area contributed by atoms with Crippen LogP contribution < -0.4 is 9.64 Å². The van der Waals surface area contributed by atoms with Gasteiger partial charge in [-0.3, -0.25) is 25.0 Å². The lowest BCUT2D eigenvalue weighted by molar-refractivity contribution is -0.394. The van der Waals surface area contributed by atoms with Crippen molar-refractivity contribution >= 4 is 29.1 Å². The van der Waals surface area contributed by atoms with Crippen molar-refractivity contribution in [3.8, 4) is 5.75 Å². The van der Waals surface area contributed by atoms with Gasteiger partial charge >= 0.3 is 6.09 Å². The van der Waals surface area contributed by atoms with Crippen LogP contribution in [0.15, 0.2) is 66.7 Å². The summed E-state index contributed by atoms with van der Waals surface area (Å²) in [5.74, 6) is -0.490. The molecule has 3 aromatic carbocycles. The van der Waals surface area contributed by atoms with E-state index in [1.54, 1.807) is 57.2 Å². The Morgan fingerprint density at radius 1 is 0.919 bits per heavy atom. The Labute approximate surface area is 211 Å². The first-order valence-corrected chi connectivity index (χ1v) is 11.2.